The highest BCUT2D eigenvalue weighted by molar-refractivity contribution is 5.95. The molecular weight excluding hydrogens is 536 g/mol. The smallest absolute Gasteiger partial charge is 0.275 e. The van der Waals surface area contributed by atoms with Gasteiger partial charge in [0.05, 0.1) is 33.5 Å². The largest absolute Gasteiger partial charge is 0.503 e. The number of ether oxygens (including phenoxy) is 5. The summed E-state index contributed by atoms with van der Waals surface area (Å²) in [6.45, 7) is 1.05. The molecule has 4 aromatic rings. The normalized spacial score (nSPS) is 20.1. The van der Waals surface area contributed by atoms with Crippen LogP contribution in [0.5, 0.6) is 11.5 Å². The van der Waals surface area contributed by atoms with E-state index in [1.165, 1.54) is 19.4 Å². The number of hydrogen-bond donors (Lipinski definition) is 2. The van der Waals surface area contributed by atoms with Crippen LogP contribution in [0.15, 0.2) is 103 Å². The SMILES string of the molecule is COc1ccnc(C(=O)N[C@@H]2OC[C@@H](OCc3ccccc3)[C@H](OCc3ccccc3)[C@H]2OCc2ccccc2)c1O. The van der Waals surface area contributed by atoms with E-state index in [0.717, 1.165) is 16.7 Å². The van der Waals surface area contributed by atoms with Crippen LogP contribution >= 0.6 is 0 Å². The molecule has 218 valence electrons. The highest BCUT2D eigenvalue weighted by Crippen LogP contribution is 2.29. The molecule has 1 aliphatic heterocycles. The Kier molecular flexibility index (Phi) is 10.1. The van der Waals surface area contributed by atoms with E-state index < -0.39 is 30.4 Å². The van der Waals surface area contributed by atoms with Crippen LogP contribution in [0.4, 0.5) is 0 Å². The van der Waals surface area contributed by atoms with Gasteiger partial charge < -0.3 is 34.1 Å². The van der Waals surface area contributed by atoms with Crippen molar-refractivity contribution >= 4 is 5.91 Å². The zero-order valence-corrected chi connectivity index (χ0v) is 23.3. The number of hydrogen-bond acceptors (Lipinski definition) is 8. The van der Waals surface area contributed by atoms with Gasteiger partial charge in [-0.2, -0.15) is 0 Å². The van der Waals surface area contributed by atoms with Gasteiger partial charge in [0.25, 0.3) is 5.91 Å². The fraction of sp³-hybridized carbons (Fsp3) is 0.273. The number of carbonyl (C=O) groups is 1. The van der Waals surface area contributed by atoms with Crippen LogP contribution in [0.2, 0.25) is 0 Å². The van der Waals surface area contributed by atoms with Crippen LogP contribution in [-0.2, 0) is 38.8 Å². The molecule has 3 aromatic carbocycles. The first-order chi connectivity index (χ1) is 20.6. The van der Waals surface area contributed by atoms with E-state index in [1.54, 1.807) is 0 Å². The zero-order chi connectivity index (χ0) is 29.1. The Hall–Kier alpha value is -4.28. The first kappa shape index (κ1) is 29.2. The molecule has 1 aromatic heterocycles. The molecule has 1 aliphatic rings. The molecule has 1 saturated heterocycles. The maximum absolute atomic E-state index is 13.3. The molecule has 0 saturated carbocycles. The number of benzene rings is 3. The van der Waals surface area contributed by atoms with Gasteiger partial charge in [-0.1, -0.05) is 91.0 Å². The standard InChI is InChI=1S/C33H34N2O7/c1-38-26-17-18-34-28(29(26)36)32(37)35-33-31(41-21-25-15-9-4-10-16-25)30(40-20-24-13-7-3-8-14-24)27(22-42-33)39-19-23-11-5-2-6-12-23/h2-18,27,30-31,33,36H,19-22H2,1H3,(H,35,37)/t27-,30+,31-,33-/m1/s1. The van der Waals surface area contributed by atoms with E-state index in [9.17, 15) is 9.90 Å². The molecular formula is C33H34N2O7. The number of methoxy groups -OCH3 is 1. The van der Waals surface area contributed by atoms with E-state index in [4.69, 9.17) is 23.7 Å². The monoisotopic (exact) mass is 570 g/mol. The van der Waals surface area contributed by atoms with Crippen LogP contribution in [0.1, 0.15) is 27.2 Å². The predicted octanol–water partition coefficient (Wildman–Crippen LogP) is 4.64. The average Bonchev–Trinajstić information content (AvgIpc) is 3.04. The molecule has 0 unspecified atom stereocenters. The first-order valence-electron chi connectivity index (χ1n) is 13.7. The Bertz CT molecular complexity index is 1410. The van der Waals surface area contributed by atoms with Crippen molar-refractivity contribution in [3.63, 3.8) is 0 Å². The summed E-state index contributed by atoms with van der Waals surface area (Å²) < 4.78 is 30.5. The van der Waals surface area contributed by atoms with Gasteiger partial charge in [0.2, 0.25) is 0 Å². The fourth-order valence-electron chi connectivity index (χ4n) is 4.70. The lowest BCUT2D eigenvalue weighted by Crippen LogP contribution is -2.61. The van der Waals surface area contributed by atoms with Crippen molar-refractivity contribution in [3.8, 4) is 11.5 Å². The van der Waals surface area contributed by atoms with Crippen molar-refractivity contribution in [2.24, 2.45) is 0 Å². The fourth-order valence-corrected chi connectivity index (χ4v) is 4.70. The minimum atomic E-state index is -0.925. The number of rotatable bonds is 12. The van der Waals surface area contributed by atoms with Crippen LogP contribution in [0, 0.1) is 0 Å². The van der Waals surface area contributed by atoms with Crippen molar-refractivity contribution in [3.05, 3.63) is 126 Å². The molecule has 2 N–H and O–H groups in total. The molecule has 2 heterocycles. The zero-order valence-electron chi connectivity index (χ0n) is 23.3. The van der Waals surface area contributed by atoms with Crippen molar-refractivity contribution in [1.29, 1.82) is 0 Å². The lowest BCUT2D eigenvalue weighted by atomic mass is 10.0. The quantitative estimate of drug-likeness (QED) is 0.254. The Balaban J connectivity index is 1.40. The molecule has 0 spiro atoms. The molecule has 4 atom stereocenters. The topological polar surface area (TPSA) is 108 Å². The number of amides is 1. The summed E-state index contributed by atoms with van der Waals surface area (Å²) in [6.07, 6.45) is -1.40. The van der Waals surface area contributed by atoms with Crippen molar-refractivity contribution in [2.45, 2.75) is 44.4 Å². The van der Waals surface area contributed by atoms with Gasteiger partial charge in [0.15, 0.2) is 23.4 Å². The number of carbonyl (C=O) groups excluding carboxylic acids is 1. The second kappa shape index (κ2) is 14.6. The lowest BCUT2D eigenvalue weighted by molar-refractivity contribution is -0.241. The Morgan fingerprint density at radius 1 is 0.810 bits per heavy atom. The van der Waals surface area contributed by atoms with Gasteiger partial charge >= 0.3 is 0 Å². The van der Waals surface area contributed by atoms with Crippen LogP contribution < -0.4 is 10.1 Å². The summed E-state index contributed by atoms with van der Waals surface area (Å²) in [6, 6.07) is 30.8. The minimum Gasteiger partial charge on any atom is -0.503 e. The number of nitrogens with zero attached hydrogens (tertiary/aromatic N) is 1. The lowest BCUT2D eigenvalue weighted by Gasteiger charge is -2.42. The highest BCUT2D eigenvalue weighted by atomic mass is 16.6. The minimum absolute atomic E-state index is 0.134. The van der Waals surface area contributed by atoms with Crippen LogP contribution in [0.25, 0.3) is 0 Å². The van der Waals surface area contributed by atoms with Gasteiger partial charge in [-0.15, -0.1) is 0 Å². The molecule has 5 rings (SSSR count). The third-order valence-corrected chi connectivity index (χ3v) is 6.90. The molecule has 42 heavy (non-hydrogen) atoms. The molecule has 1 fully saturated rings. The summed E-state index contributed by atoms with van der Waals surface area (Å²) in [7, 11) is 1.40. The van der Waals surface area contributed by atoms with Crippen LogP contribution in [-0.4, -0.2) is 54.3 Å². The van der Waals surface area contributed by atoms with Gasteiger partial charge in [-0.25, -0.2) is 4.98 Å². The Morgan fingerprint density at radius 2 is 1.33 bits per heavy atom. The number of aromatic nitrogens is 1. The Morgan fingerprint density at radius 3 is 1.88 bits per heavy atom. The van der Waals surface area contributed by atoms with Gasteiger partial charge in [-0.05, 0) is 16.7 Å². The van der Waals surface area contributed by atoms with Gasteiger partial charge in [0, 0.05) is 12.3 Å². The van der Waals surface area contributed by atoms with Gasteiger partial charge in [-0.3, -0.25) is 4.79 Å². The molecule has 1 amide bonds. The molecule has 0 radical (unpaired) electrons. The second-order valence-electron chi connectivity index (χ2n) is 9.80. The van der Waals surface area contributed by atoms with Gasteiger partial charge in [0.1, 0.15) is 18.3 Å². The number of aromatic hydroxyl groups is 1. The number of pyridine rings is 1. The Labute approximate surface area is 245 Å². The third kappa shape index (κ3) is 7.51. The number of nitrogens with one attached hydrogen (secondary N) is 1. The van der Waals surface area contributed by atoms with Crippen molar-refractivity contribution in [1.82, 2.24) is 10.3 Å². The summed E-state index contributed by atoms with van der Waals surface area (Å²) in [5.74, 6) is -0.874. The molecule has 0 aliphatic carbocycles. The van der Waals surface area contributed by atoms with Crippen molar-refractivity contribution < 1.29 is 33.6 Å². The summed E-state index contributed by atoms with van der Waals surface area (Å²) in [5, 5.41) is 13.4. The van der Waals surface area contributed by atoms with E-state index in [1.807, 2.05) is 91.0 Å². The van der Waals surface area contributed by atoms with Crippen LogP contribution in [0.3, 0.4) is 0 Å². The molecule has 9 nitrogen and oxygen atoms in total. The van der Waals surface area contributed by atoms with Crippen molar-refractivity contribution in [2.75, 3.05) is 13.7 Å². The van der Waals surface area contributed by atoms with E-state index in [-0.39, 0.29) is 30.4 Å². The van der Waals surface area contributed by atoms with E-state index in [0.29, 0.717) is 13.2 Å². The van der Waals surface area contributed by atoms with E-state index in [2.05, 4.69) is 10.3 Å². The third-order valence-electron chi connectivity index (χ3n) is 6.90. The predicted molar refractivity (Wildman–Crippen MR) is 155 cm³/mol. The summed E-state index contributed by atoms with van der Waals surface area (Å²) in [4.78, 5) is 17.4. The van der Waals surface area contributed by atoms with E-state index >= 15 is 0 Å². The second-order valence-corrected chi connectivity index (χ2v) is 9.80. The summed E-state index contributed by atoms with van der Waals surface area (Å²) >= 11 is 0. The average molecular weight is 571 g/mol. The molecule has 0 bridgehead atoms. The maximum atomic E-state index is 13.3. The highest BCUT2D eigenvalue weighted by Gasteiger charge is 2.44. The summed E-state index contributed by atoms with van der Waals surface area (Å²) in [5.41, 5.74) is 2.75. The molecule has 9 heteroatoms. The first-order valence-corrected chi connectivity index (χ1v) is 13.7. The maximum Gasteiger partial charge on any atom is 0.275 e.